The third-order valence-corrected chi connectivity index (χ3v) is 5.62. The Labute approximate surface area is 173 Å². The molecule has 0 aromatic heterocycles. The van der Waals surface area contributed by atoms with Gasteiger partial charge in [0.15, 0.2) is 0 Å². The van der Waals surface area contributed by atoms with Crippen LogP contribution in [0.4, 0.5) is 11.4 Å². The van der Waals surface area contributed by atoms with Gasteiger partial charge in [0.2, 0.25) is 0 Å². The van der Waals surface area contributed by atoms with E-state index in [2.05, 4.69) is 78.2 Å². The molecular formula is C25H28N2O2. The van der Waals surface area contributed by atoms with Crippen molar-refractivity contribution in [1.82, 2.24) is 0 Å². The van der Waals surface area contributed by atoms with E-state index in [1.54, 1.807) is 14.2 Å². The maximum absolute atomic E-state index is 5.75. The molecule has 3 aromatic rings. The first-order valence-electron chi connectivity index (χ1n) is 9.99. The van der Waals surface area contributed by atoms with Crippen LogP contribution in [0.3, 0.4) is 0 Å². The Balaban J connectivity index is 1.83. The van der Waals surface area contributed by atoms with E-state index in [1.807, 2.05) is 12.1 Å². The summed E-state index contributed by atoms with van der Waals surface area (Å²) < 4.78 is 11.3. The predicted octanol–water partition coefficient (Wildman–Crippen LogP) is 5.35. The fourth-order valence-electron chi connectivity index (χ4n) is 4.02. The van der Waals surface area contributed by atoms with Crippen molar-refractivity contribution in [3.8, 4) is 11.5 Å². The molecule has 0 unspecified atom stereocenters. The quantitative estimate of drug-likeness (QED) is 0.588. The second kappa shape index (κ2) is 8.08. The molecule has 150 valence electrons. The number of rotatable bonds is 5. The van der Waals surface area contributed by atoms with Crippen LogP contribution in [0.1, 0.15) is 22.9 Å². The summed E-state index contributed by atoms with van der Waals surface area (Å²) in [5.74, 6) is 1.70. The molecule has 1 heterocycles. The van der Waals surface area contributed by atoms with Gasteiger partial charge in [0, 0.05) is 30.0 Å². The Bertz CT molecular complexity index is 914. The van der Waals surface area contributed by atoms with Gasteiger partial charge >= 0.3 is 0 Å². The molecule has 3 aromatic carbocycles. The fourth-order valence-corrected chi connectivity index (χ4v) is 4.02. The molecule has 1 aliphatic rings. The average molecular weight is 389 g/mol. The van der Waals surface area contributed by atoms with Crippen LogP contribution in [0.15, 0.2) is 66.7 Å². The van der Waals surface area contributed by atoms with Gasteiger partial charge in [0.05, 0.1) is 14.2 Å². The third-order valence-electron chi connectivity index (χ3n) is 5.62. The second-order valence-electron chi connectivity index (χ2n) is 7.54. The first kappa shape index (κ1) is 19.2. The van der Waals surface area contributed by atoms with Crippen LogP contribution < -0.4 is 19.3 Å². The van der Waals surface area contributed by atoms with Crippen molar-refractivity contribution in [1.29, 1.82) is 0 Å². The smallest absolute Gasteiger partial charge is 0.132 e. The van der Waals surface area contributed by atoms with Gasteiger partial charge in [-0.3, -0.25) is 0 Å². The molecule has 29 heavy (non-hydrogen) atoms. The topological polar surface area (TPSA) is 24.9 Å². The van der Waals surface area contributed by atoms with E-state index in [0.29, 0.717) is 0 Å². The van der Waals surface area contributed by atoms with Gasteiger partial charge in [-0.05, 0) is 56.3 Å². The normalized spacial score (nSPS) is 14.3. The van der Waals surface area contributed by atoms with E-state index >= 15 is 0 Å². The van der Waals surface area contributed by atoms with Gasteiger partial charge in [0.1, 0.15) is 17.7 Å². The molecule has 1 fully saturated rings. The molecule has 0 saturated carbocycles. The molecular weight excluding hydrogens is 360 g/mol. The monoisotopic (exact) mass is 388 g/mol. The lowest BCUT2D eigenvalue weighted by Crippen LogP contribution is -2.31. The molecule has 0 bridgehead atoms. The molecule has 0 spiro atoms. The van der Waals surface area contributed by atoms with E-state index in [9.17, 15) is 0 Å². The van der Waals surface area contributed by atoms with Gasteiger partial charge < -0.3 is 19.3 Å². The van der Waals surface area contributed by atoms with Gasteiger partial charge in [-0.25, -0.2) is 0 Å². The maximum atomic E-state index is 5.75. The minimum absolute atomic E-state index is 0.0189. The molecule has 0 aliphatic carbocycles. The fraction of sp³-hybridized carbons (Fsp3) is 0.280. The molecule has 4 heteroatoms. The standard InChI is InChI=1S/C25H28N2O2/c1-18-5-9-20(10-6-18)26-15-16-27(21-11-7-19(2)8-12-21)25(26)23-17-22(28-3)13-14-24(23)29-4/h5-14,17,25H,15-16H2,1-4H3. The lowest BCUT2D eigenvalue weighted by Gasteiger charge is -2.34. The Hall–Kier alpha value is -3.14. The van der Waals surface area contributed by atoms with Crippen LogP contribution >= 0.6 is 0 Å². The summed E-state index contributed by atoms with van der Waals surface area (Å²) in [5.41, 5.74) is 6.04. The van der Waals surface area contributed by atoms with Crippen molar-refractivity contribution in [2.24, 2.45) is 0 Å². The number of hydrogen-bond acceptors (Lipinski definition) is 4. The van der Waals surface area contributed by atoms with Crippen LogP contribution in [0, 0.1) is 13.8 Å². The molecule has 4 nitrogen and oxygen atoms in total. The number of nitrogens with zero attached hydrogens (tertiary/aromatic N) is 2. The first-order valence-corrected chi connectivity index (χ1v) is 9.99. The van der Waals surface area contributed by atoms with Gasteiger partial charge in [-0.15, -0.1) is 0 Å². The summed E-state index contributed by atoms with van der Waals surface area (Å²) >= 11 is 0. The van der Waals surface area contributed by atoms with Crippen LogP contribution in [-0.2, 0) is 0 Å². The number of aryl methyl sites for hydroxylation is 2. The summed E-state index contributed by atoms with van der Waals surface area (Å²) in [6, 6.07) is 23.5. The number of hydrogen-bond donors (Lipinski definition) is 0. The summed E-state index contributed by atoms with van der Waals surface area (Å²) in [6.07, 6.45) is 0.0189. The average Bonchev–Trinajstić information content (AvgIpc) is 3.19. The van der Waals surface area contributed by atoms with E-state index in [-0.39, 0.29) is 6.17 Å². The molecule has 4 rings (SSSR count). The van der Waals surface area contributed by atoms with Gasteiger partial charge in [0.25, 0.3) is 0 Å². The molecule has 0 atom stereocenters. The van der Waals surface area contributed by atoms with Crippen LogP contribution in [0.2, 0.25) is 0 Å². The SMILES string of the molecule is COc1ccc(OC)c(C2N(c3ccc(C)cc3)CCN2c2ccc(C)cc2)c1. The number of benzene rings is 3. The number of ether oxygens (including phenoxy) is 2. The minimum Gasteiger partial charge on any atom is -0.497 e. The zero-order valence-electron chi connectivity index (χ0n) is 17.6. The predicted molar refractivity (Wildman–Crippen MR) is 119 cm³/mol. The van der Waals surface area contributed by atoms with Gasteiger partial charge in [-0.1, -0.05) is 35.4 Å². The van der Waals surface area contributed by atoms with Crippen LogP contribution in [-0.4, -0.2) is 27.3 Å². The first-order chi connectivity index (χ1) is 14.1. The van der Waals surface area contributed by atoms with Crippen LogP contribution in [0.5, 0.6) is 11.5 Å². The molecule has 0 radical (unpaired) electrons. The third kappa shape index (κ3) is 3.75. The van der Waals surface area contributed by atoms with Crippen LogP contribution in [0.25, 0.3) is 0 Å². The number of methoxy groups -OCH3 is 2. The molecule has 0 N–H and O–H groups in total. The number of anilines is 2. The van der Waals surface area contributed by atoms with Crippen molar-refractivity contribution in [3.05, 3.63) is 83.4 Å². The summed E-state index contributed by atoms with van der Waals surface area (Å²) in [6.45, 7) is 6.10. The van der Waals surface area contributed by atoms with E-state index in [1.165, 1.54) is 22.5 Å². The molecule has 1 saturated heterocycles. The van der Waals surface area contributed by atoms with Crippen molar-refractivity contribution < 1.29 is 9.47 Å². The van der Waals surface area contributed by atoms with Gasteiger partial charge in [-0.2, -0.15) is 0 Å². The Morgan fingerprint density at radius 1 is 0.690 bits per heavy atom. The minimum atomic E-state index is 0.0189. The highest BCUT2D eigenvalue weighted by molar-refractivity contribution is 5.61. The summed E-state index contributed by atoms with van der Waals surface area (Å²) in [4.78, 5) is 4.88. The summed E-state index contributed by atoms with van der Waals surface area (Å²) in [5, 5.41) is 0. The molecule has 0 amide bonds. The second-order valence-corrected chi connectivity index (χ2v) is 7.54. The van der Waals surface area contributed by atoms with Crippen molar-refractivity contribution in [3.63, 3.8) is 0 Å². The Morgan fingerprint density at radius 2 is 1.21 bits per heavy atom. The van der Waals surface area contributed by atoms with Crippen molar-refractivity contribution in [2.45, 2.75) is 20.0 Å². The van der Waals surface area contributed by atoms with E-state index < -0.39 is 0 Å². The zero-order valence-corrected chi connectivity index (χ0v) is 17.6. The maximum Gasteiger partial charge on any atom is 0.132 e. The van der Waals surface area contributed by atoms with Crippen molar-refractivity contribution in [2.75, 3.05) is 37.1 Å². The highest BCUT2D eigenvalue weighted by atomic mass is 16.5. The lowest BCUT2D eigenvalue weighted by atomic mass is 10.1. The van der Waals surface area contributed by atoms with E-state index in [4.69, 9.17) is 9.47 Å². The molecule has 1 aliphatic heterocycles. The summed E-state index contributed by atoms with van der Waals surface area (Å²) in [7, 11) is 3.43. The largest absolute Gasteiger partial charge is 0.497 e. The highest BCUT2D eigenvalue weighted by Crippen LogP contribution is 2.42. The lowest BCUT2D eigenvalue weighted by molar-refractivity contribution is 0.395. The van der Waals surface area contributed by atoms with E-state index in [0.717, 1.165) is 30.2 Å². The Kier molecular flexibility index (Phi) is 5.34. The Morgan fingerprint density at radius 3 is 1.66 bits per heavy atom. The highest BCUT2D eigenvalue weighted by Gasteiger charge is 2.35. The zero-order chi connectivity index (χ0) is 20.4. The van der Waals surface area contributed by atoms with Crippen molar-refractivity contribution >= 4 is 11.4 Å².